The molecule has 3 N–H and O–H groups in total. The highest BCUT2D eigenvalue weighted by Gasteiger charge is 2.38. The minimum atomic E-state index is -1.18. The van der Waals surface area contributed by atoms with E-state index in [0.29, 0.717) is 10.5 Å². The molecule has 126 valence electrons. The summed E-state index contributed by atoms with van der Waals surface area (Å²) in [4.78, 5) is 36.4. The number of nitrogens with one attached hydrogen (secondary N) is 1. The van der Waals surface area contributed by atoms with Crippen molar-refractivity contribution in [2.75, 3.05) is 6.54 Å². The summed E-state index contributed by atoms with van der Waals surface area (Å²) in [5, 5.41) is 20.3. The minimum absolute atomic E-state index is 0.0700. The molecule has 1 aliphatic rings. The number of phenols is 1. The molecule has 1 fully saturated rings. The largest absolute Gasteiger partial charge is 0.508 e. The quantitative estimate of drug-likeness (QED) is 0.531. The first-order valence-electron chi connectivity index (χ1n) is 6.85. The van der Waals surface area contributed by atoms with Crippen molar-refractivity contribution in [1.82, 2.24) is 10.2 Å². The van der Waals surface area contributed by atoms with Gasteiger partial charge < -0.3 is 15.5 Å². The van der Waals surface area contributed by atoms with E-state index in [4.69, 9.17) is 17.3 Å². The first-order valence-corrected chi connectivity index (χ1v) is 8.07. The zero-order valence-corrected chi connectivity index (χ0v) is 14.2. The Bertz CT molecular complexity index is 747. The lowest BCUT2D eigenvalue weighted by Gasteiger charge is -2.21. The smallest absolute Gasteiger partial charge is 0.322 e. The van der Waals surface area contributed by atoms with Crippen molar-refractivity contribution < 1.29 is 24.6 Å². The standard InChI is InChI=1S/C15H14N2O5S2/c1-8(13(21)16-7-12(19)20)17-14(22)11(24-15(17)23)6-9-3-2-4-10(18)5-9/h2-6,8,18H,7H2,1H3,(H,16,21)(H,19,20)/b11-6-. The van der Waals surface area contributed by atoms with Crippen LogP contribution >= 0.6 is 24.0 Å². The number of carboxylic acid groups (broad SMARTS) is 1. The molecule has 1 aromatic rings. The maximum atomic E-state index is 12.5. The third-order valence-corrected chi connectivity index (χ3v) is 4.50. The van der Waals surface area contributed by atoms with Crippen LogP contribution in [0.4, 0.5) is 0 Å². The van der Waals surface area contributed by atoms with Gasteiger partial charge in [0.2, 0.25) is 5.91 Å². The topological polar surface area (TPSA) is 107 Å². The number of carbonyl (C=O) groups is 3. The lowest BCUT2D eigenvalue weighted by atomic mass is 10.2. The minimum Gasteiger partial charge on any atom is -0.508 e. The van der Waals surface area contributed by atoms with Gasteiger partial charge in [-0.2, -0.15) is 0 Å². The highest BCUT2D eigenvalue weighted by Crippen LogP contribution is 2.34. The number of amides is 2. The van der Waals surface area contributed by atoms with Gasteiger partial charge >= 0.3 is 5.97 Å². The number of hydrogen-bond donors (Lipinski definition) is 3. The summed E-state index contributed by atoms with van der Waals surface area (Å²) in [5.74, 6) is -2.15. The molecular formula is C15H14N2O5S2. The number of thiocarbonyl (C=S) groups is 1. The van der Waals surface area contributed by atoms with Crippen molar-refractivity contribution in [2.24, 2.45) is 0 Å². The molecule has 0 saturated carbocycles. The molecule has 2 rings (SSSR count). The van der Waals surface area contributed by atoms with Crippen LogP contribution in [-0.2, 0) is 14.4 Å². The predicted molar refractivity (Wildman–Crippen MR) is 93.2 cm³/mol. The molecule has 7 nitrogen and oxygen atoms in total. The number of benzene rings is 1. The Hall–Kier alpha value is -2.39. The summed E-state index contributed by atoms with van der Waals surface area (Å²) in [7, 11) is 0. The lowest BCUT2D eigenvalue weighted by molar-refractivity contribution is -0.139. The van der Waals surface area contributed by atoms with Crippen LogP contribution in [0.3, 0.4) is 0 Å². The number of phenolic OH excluding ortho intramolecular Hbond substituents is 1. The summed E-state index contributed by atoms with van der Waals surface area (Å²) in [5.41, 5.74) is 0.624. The highest BCUT2D eigenvalue weighted by molar-refractivity contribution is 8.26. The number of aliphatic carboxylic acids is 1. The van der Waals surface area contributed by atoms with E-state index >= 15 is 0 Å². The second kappa shape index (κ2) is 7.45. The molecule has 0 aliphatic carbocycles. The number of thioether (sulfide) groups is 1. The van der Waals surface area contributed by atoms with Gasteiger partial charge in [-0.15, -0.1) is 0 Å². The van der Waals surface area contributed by atoms with Gasteiger partial charge in [-0.25, -0.2) is 0 Å². The first-order chi connectivity index (χ1) is 11.3. The first kappa shape index (κ1) is 18.0. The summed E-state index contributed by atoms with van der Waals surface area (Å²) >= 11 is 6.19. The SMILES string of the molecule is CC(C(=O)NCC(=O)O)N1C(=O)/C(=C/c2cccc(O)c2)SC1=S. The molecule has 0 radical (unpaired) electrons. The fourth-order valence-electron chi connectivity index (χ4n) is 2.01. The second-order valence-electron chi connectivity index (χ2n) is 4.93. The van der Waals surface area contributed by atoms with E-state index in [1.807, 2.05) is 0 Å². The van der Waals surface area contributed by atoms with Crippen molar-refractivity contribution in [3.63, 3.8) is 0 Å². The molecule has 1 atom stereocenters. The number of nitrogens with zero attached hydrogens (tertiary/aromatic N) is 1. The van der Waals surface area contributed by atoms with E-state index in [1.54, 1.807) is 18.2 Å². The average molecular weight is 366 g/mol. The van der Waals surface area contributed by atoms with Gasteiger partial charge in [0, 0.05) is 0 Å². The van der Waals surface area contributed by atoms with Crippen molar-refractivity contribution in [2.45, 2.75) is 13.0 Å². The zero-order chi connectivity index (χ0) is 17.9. The number of aromatic hydroxyl groups is 1. The Labute approximate surface area is 147 Å². The molecule has 1 unspecified atom stereocenters. The molecule has 0 aromatic heterocycles. The van der Waals surface area contributed by atoms with E-state index in [2.05, 4.69) is 5.32 Å². The molecule has 1 saturated heterocycles. The molecule has 1 aliphatic heterocycles. The molecular weight excluding hydrogens is 352 g/mol. The Morgan fingerprint density at radius 3 is 2.79 bits per heavy atom. The molecule has 1 heterocycles. The van der Waals surface area contributed by atoms with Gasteiger partial charge in [-0.3, -0.25) is 19.3 Å². The molecule has 24 heavy (non-hydrogen) atoms. The van der Waals surface area contributed by atoms with Gasteiger partial charge in [-0.1, -0.05) is 36.1 Å². The van der Waals surface area contributed by atoms with Crippen LogP contribution in [0.1, 0.15) is 12.5 Å². The average Bonchev–Trinajstić information content (AvgIpc) is 2.78. The summed E-state index contributed by atoms with van der Waals surface area (Å²) in [6, 6.07) is 5.44. The van der Waals surface area contributed by atoms with Crippen LogP contribution in [0, 0.1) is 0 Å². The Morgan fingerprint density at radius 2 is 2.17 bits per heavy atom. The van der Waals surface area contributed by atoms with Crippen LogP contribution < -0.4 is 5.32 Å². The van der Waals surface area contributed by atoms with Crippen molar-refractivity contribution in [3.8, 4) is 5.75 Å². The molecule has 1 aromatic carbocycles. The monoisotopic (exact) mass is 366 g/mol. The van der Waals surface area contributed by atoms with Crippen LogP contribution in [0.25, 0.3) is 6.08 Å². The normalized spacial score (nSPS) is 17.2. The Kier molecular flexibility index (Phi) is 5.58. The van der Waals surface area contributed by atoms with E-state index in [9.17, 15) is 19.5 Å². The van der Waals surface area contributed by atoms with Crippen LogP contribution in [0.15, 0.2) is 29.2 Å². The van der Waals surface area contributed by atoms with Crippen LogP contribution in [0.5, 0.6) is 5.75 Å². The summed E-state index contributed by atoms with van der Waals surface area (Å²) in [6.45, 7) is 0.941. The zero-order valence-electron chi connectivity index (χ0n) is 12.6. The van der Waals surface area contributed by atoms with Gasteiger partial charge in [-0.05, 0) is 30.7 Å². The number of carboxylic acids is 1. The maximum Gasteiger partial charge on any atom is 0.322 e. The van der Waals surface area contributed by atoms with Crippen molar-refractivity contribution in [1.29, 1.82) is 0 Å². The number of carbonyl (C=O) groups excluding carboxylic acids is 2. The predicted octanol–water partition coefficient (Wildman–Crippen LogP) is 1.18. The van der Waals surface area contributed by atoms with E-state index in [1.165, 1.54) is 19.1 Å². The lowest BCUT2D eigenvalue weighted by Crippen LogP contribution is -2.48. The molecule has 9 heteroatoms. The molecule has 0 spiro atoms. The van der Waals surface area contributed by atoms with Gasteiger partial charge in [0.25, 0.3) is 5.91 Å². The highest BCUT2D eigenvalue weighted by atomic mass is 32.2. The van der Waals surface area contributed by atoms with E-state index < -0.39 is 30.4 Å². The molecule has 0 bridgehead atoms. The van der Waals surface area contributed by atoms with E-state index in [0.717, 1.165) is 16.7 Å². The Morgan fingerprint density at radius 1 is 1.46 bits per heavy atom. The van der Waals surface area contributed by atoms with Gasteiger partial charge in [0.05, 0.1) is 4.91 Å². The van der Waals surface area contributed by atoms with Crippen molar-refractivity contribution in [3.05, 3.63) is 34.7 Å². The van der Waals surface area contributed by atoms with Gasteiger partial charge in [0.1, 0.15) is 22.7 Å². The number of hydrogen-bond acceptors (Lipinski definition) is 6. The van der Waals surface area contributed by atoms with E-state index in [-0.39, 0.29) is 10.1 Å². The summed E-state index contributed by atoms with van der Waals surface area (Å²) in [6.07, 6.45) is 1.57. The molecule has 2 amide bonds. The maximum absolute atomic E-state index is 12.5. The summed E-state index contributed by atoms with van der Waals surface area (Å²) < 4.78 is 0.212. The fraction of sp³-hybridized carbons (Fsp3) is 0.200. The van der Waals surface area contributed by atoms with Crippen LogP contribution in [-0.4, -0.2) is 49.8 Å². The third kappa shape index (κ3) is 4.12. The van der Waals surface area contributed by atoms with Crippen LogP contribution in [0.2, 0.25) is 0 Å². The number of rotatable bonds is 5. The third-order valence-electron chi connectivity index (χ3n) is 3.17. The second-order valence-corrected chi connectivity index (χ2v) is 6.61. The fourth-order valence-corrected chi connectivity index (χ4v) is 3.43. The van der Waals surface area contributed by atoms with Gasteiger partial charge in [0.15, 0.2) is 0 Å². The Balaban J connectivity index is 2.16. The van der Waals surface area contributed by atoms with Crippen molar-refractivity contribution >= 4 is 52.2 Å².